The minimum absolute atomic E-state index is 0.116. The maximum Gasteiger partial charge on any atom is 0.416 e. The smallest absolute Gasteiger partial charge is 0.416 e. The lowest BCUT2D eigenvalue weighted by Gasteiger charge is -2.09. The largest absolute Gasteiger partial charge is 0.439 e. The monoisotopic (exact) mass is 254 g/mol. The molecule has 0 saturated carbocycles. The second-order valence-corrected chi connectivity index (χ2v) is 3.55. The van der Waals surface area contributed by atoms with Gasteiger partial charge in [-0.2, -0.15) is 13.2 Å². The summed E-state index contributed by atoms with van der Waals surface area (Å²) in [4.78, 5) is 3.72. The molecule has 2 aromatic rings. The first-order valence-electron chi connectivity index (χ1n) is 5.02. The summed E-state index contributed by atoms with van der Waals surface area (Å²) in [5, 5.41) is 0. The van der Waals surface area contributed by atoms with Crippen molar-refractivity contribution < 1.29 is 17.9 Å². The summed E-state index contributed by atoms with van der Waals surface area (Å²) >= 11 is 0. The van der Waals surface area contributed by atoms with Crippen LogP contribution in [0.4, 0.5) is 18.9 Å². The lowest BCUT2D eigenvalue weighted by Crippen LogP contribution is -2.05. The van der Waals surface area contributed by atoms with Gasteiger partial charge in [-0.1, -0.05) is 0 Å². The summed E-state index contributed by atoms with van der Waals surface area (Å²) in [5.41, 5.74) is 5.22. The molecule has 0 bridgehead atoms. The van der Waals surface area contributed by atoms with Crippen LogP contribution in [0, 0.1) is 0 Å². The number of benzene rings is 1. The van der Waals surface area contributed by atoms with Gasteiger partial charge in [0.25, 0.3) is 0 Å². The van der Waals surface area contributed by atoms with Crippen molar-refractivity contribution in [2.24, 2.45) is 0 Å². The molecule has 0 atom stereocenters. The fourth-order valence-electron chi connectivity index (χ4n) is 1.30. The third kappa shape index (κ3) is 2.91. The fourth-order valence-corrected chi connectivity index (χ4v) is 1.30. The Morgan fingerprint density at radius 1 is 1.06 bits per heavy atom. The predicted octanol–water partition coefficient (Wildman–Crippen LogP) is 3.47. The van der Waals surface area contributed by atoms with Crippen LogP contribution in [0.5, 0.6) is 11.6 Å². The van der Waals surface area contributed by atoms with Crippen molar-refractivity contribution >= 4 is 5.69 Å². The lowest BCUT2D eigenvalue weighted by atomic mass is 10.2. The van der Waals surface area contributed by atoms with Crippen molar-refractivity contribution in [3.63, 3.8) is 0 Å². The van der Waals surface area contributed by atoms with Crippen molar-refractivity contribution in [3.05, 3.63) is 48.2 Å². The number of alkyl halides is 3. The minimum atomic E-state index is -4.41. The van der Waals surface area contributed by atoms with Crippen LogP contribution >= 0.6 is 0 Å². The number of halogens is 3. The van der Waals surface area contributed by atoms with Gasteiger partial charge in [0.2, 0.25) is 5.88 Å². The van der Waals surface area contributed by atoms with Crippen molar-refractivity contribution in [2.75, 3.05) is 5.73 Å². The van der Waals surface area contributed by atoms with E-state index < -0.39 is 11.7 Å². The topological polar surface area (TPSA) is 48.1 Å². The molecular weight excluding hydrogens is 245 g/mol. The van der Waals surface area contributed by atoms with Crippen LogP contribution in [0.1, 0.15) is 5.56 Å². The number of pyridine rings is 1. The third-order valence-electron chi connectivity index (χ3n) is 2.16. The molecule has 0 aliphatic carbocycles. The Morgan fingerprint density at radius 2 is 1.72 bits per heavy atom. The molecule has 2 rings (SSSR count). The molecule has 0 radical (unpaired) electrons. The molecule has 94 valence electrons. The van der Waals surface area contributed by atoms with E-state index in [4.69, 9.17) is 10.5 Å². The number of nitrogen functional groups attached to an aromatic ring is 1. The molecule has 3 nitrogen and oxygen atoms in total. The second kappa shape index (κ2) is 4.56. The lowest BCUT2D eigenvalue weighted by molar-refractivity contribution is -0.137. The number of anilines is 1. The van der Waals surface area contributed by atoms with Crippen LogP contribution < -0.4 is 10.5 Å². The number of nitrogens with zero attached hydrogens (tertiary/aromatic N) is 1. The molecular formula is C12H9F3N2O. The van der Waals surface area contributed by atoms with Crippen LogP contribution in [0.3, 0.4) is 0 Å². The van der Waals surface area contributed by atoms with E-state index in [-0.39, 0.29) is 5.88 Å². The third-order valence-corrected chi connectivity index (χ3v) is 2.16. The zero-order valence-electron chi connectivity index (χ0n) is 9.11. The highest BCUT2D eigenvalue weighted by Crippen LogP contribution is 2.31. The van der Waals surface area contributed by atoms with Crippen molar-refractivity contribution in [3.8, 4) is 11.6 Å². The molecule has 0 aliphatic heterocycles. The average molecular weight is 254 g/mol. The Hall–Kier alpha value is -2.24. The Labute approximate surface area is 101 Å². The van der Waals surface area contributed by atoms with Crippen molar-refractivity contribution in [2.45, 2.75) is 6.18 Å². The summed E-state index contributed by atoms with van der Waals surface area (Å²) in [6, 6.07) is 8.01. The molecule has 18 heavy (non-hydrogen) atoms. The highest BCUT2D eigenvalue weighted by atomic mass is 19.4. The van der Waals surface area contributed by atoms with Crippen LogP contribution in [0.2, 0.25) is 0 Å². The SMILES string of the molecule is Nc1ccc(Oc2cc(C(F)(F)F)ccn2)cc1. The highest BCUT2D eigenvalue weighted by Gasteiger charge is 2.30. The molecule has 1 heterocycles. The van der Waals surface area contributed by atoms with E-state index in [0.717, 1.165) is 18.3 Å². The number of hydrogen-bond donors (Lipinski definition) is 1. The maximum atomic E-state index is 12.5. The van der Waals surface area contributed by atoms with Crippen molar-refractivity contribution in [1.29, 1.82) is 0 Å². The maximum absolute atomic E-state index is 12.5. The zero-order chi connectivity index (χ0) is 13.2. The van der Waals surface area contributed by atoms with Crippen LogP contribution in [0.25, 0.3) is 0 Å². The van der Waals surface area contributed by atoms with Gasteiger partial charge in [0.1, 0.15) is 5.75 Å². The first-order chi connectivity index (χ1) is 8.45. The van der Waals surface area contributed by atoms with Crippen LogP contribution in [-0.2, 0) is 6.18 Å². The molecule has 2 N–H and O–H groups in total. The standard InChI is InChI=1S/C12H9F3N2O/c13-12(14,15)8-5-6-17-11(7-8)18-10-3-1-9(16)2-4-10/h1-7H,16H2. The Balaban J connectivity index is 2.22. The molecule has 0 amide bonds. The molecule has 1 aromatic heterocycles. The molecule has 0 saturated heterocycles. The number of rotatable bonds is 2. The molecule has 0 unspecified atom stereocenters. The van der Waals surface area contributed by atoms with Gasteiger partial charge in [0.15, 0.2) is 0 Å². The van der Waals surface area contributed by atoms with Gasteiger partial charge in [-0.25, -0.2) is 4.98 Å². The van der Waals surface area contributed by atoms with Gasteiger partial charge in [-0.3, -0.25) is 0 Å². The van der Waals surface area contributed by atoms with Gasteiger partial charge in [0.05, 0.1) is 5.56 Å². The number of nitrogens with two attached hydrogens (primary N) is 1. The van der Waals surface area contributed by atoms with E-state index in [1.165, 1.54) is 0 Å². The van der Waals surface area contributed by atoms with E-state index in [0.29, 0.717) is 11.4 Å². The van der Waals surface area contributed by atoms with E-state index in [2.05, 4.69) is 4.98 Å². The van der Waals surface area contributed by atoms with Gasteiger partial charge in [-0.05, 0) is 30.3 Å². The number of ether oxygens (including phenoxy) is 1. The van der Waals surface area contributed by atoms with Gasteiger partial charge in [-0.15, -0.1) is 0 Å². The fraction of sp³-hybridized carbons (Fsp3) is 0.0833. The molecule has 0 fully saturated rings. The van der Waals surface area contributed by atoms with Crippen molar-refractivity contribution in [1.82, 2.24) is 4.98 Å². The summed E-state index contributed by atoms with van der Waals surface area (Å²) in [6.07, 6.45) is -3.36. The zero-order valence-corrected chi connectivity index (χ0v) is 9.11. The van der Waals surface area contributed by atoms with Gasteiger partial charge < -0.3 is 10.5 Å². The second-order valence-electron chi connectivity index (χ2n) is 3.55. The summed E-state index contributed by atoms with van der Waals surface area (Å²) in [7, 11) is 0. The number of aromatic nitrogens is 1. The Kier molecular flexibility index (Phi) is 3.10. The normalized spacial score (nSPS) is 11.3. The molecule has 1 aromatic carbocycles. The summed E-state index contributed by atoms with van der Waals surface area (Å²) in [6.45, 7) is 0. The quantitative estimate of drug-likeness (QED) is 0.834. The van der Waals surface area contributed by atoms with Gasteiger partial charge >= 0.3 is 6.18 Å². The highest BCUT2D eigenvalue weighted by molar-refractivity contribution is 5.42. The van der Waals surface area contributed by atoms with E-state index in [1.807, 2.05) is 0 Å². The van der Waals surface area contributed by atoms with Gasteiger partial charge in [0, 0.05) is 18.0 Å². The Bertz CT molecular complexity index is 538. The molecule has 0 aliphatic rings. The van der Waals surface area contributed by atoms with E-state index in [9.17, 15) is 13.2 Å². The van der Waals surface area contributed by atoms with Crippen LogP contribution in [-0.4, -0.2) is 4.98 Å². The first-order valence-corrected chi connectivity index (χ1v) is 5.02. The minimum Gasteiger partial charge on any atom is -0.439 e. The molecule has 6 heteroatoms. The average Bonchev–Trinajstić information content (AvgIpc) is 2.31. The molecule has 0 spiro atoms. The van der Waals surface area contributed by atoms with Crippen LogP contribution in [0.15, 0.2) is 42.6 Å². The number of hydrogen-bond acceptors (Lipinski definition) is 3. The van der Waals surface area contributed by atoms with E-state index >= 15 is 0 Å². The Morgan fingerprint density at radius 3 is 2.33 bits per heavy atom. The summed E-state index contributed by atoms with van der Waals surface area (Å²) < 4.78 is 42.6. The van der Waals surface area contributed by atoms with E-state index in [1.54, 1.807) is 24.3 Å². The predicted molar refractivity (Wildman–Crippen MR) is 60.2 cm³/mol. The summed E-state index contributed by atoms with van der Waals surface area (Å²) in [5.74, 6) is 0.255. The first kappa shape index (κ1) is 12.2.